The van der Waals surface area contributed by atoms with Crippen LogP contribution in [0, 0.1) is 20.8 Å². The molecule has 98 valence electrons. The summed E-state index contributed by atoms with van der Waals surface area (Å²) in [5, 5.41) is 4.56. The third-order valence-corrected chi connectivity index (χ3v) is 3.57. The van der Waals surface area contributed by atoms with Gasteiger partial charge in [-0.05, 0) is 52.3 Å². The highest BCUT2D eigenvalue weighted by Gasteiger charge is 2.12. The molecule has 0 spiro atoms. The van der Waals surface area contributed by atoms with E-state index >= 15 is 0 Å². The highest BCUT2D eigenvalue weighted by Crippen LogP contribution is 2.12. The van der Waals surface area contributed by atoms with Crippen LogP contribution < -0.4 is 0 Å². The van der Waals surface area contributed by atoms with Gasteiger partial charge in [0, 0.05) is 12.2 Å². The molecule has 3 heteroatoms. The van der Waals surface area contributed by atoms with Crippen LogP contribution in [0.2, 0.25) is 0 Å². The van der Waals surface area contributed by atoms with E-state index in [1.807, 2.05) is 13.8 Å². The second kappa shape index (κ2) is 6.80. The third-order valence-electron chi connectivity index (χ3n) is 3.57. The van der Waals surface area contributed by atoms with Gasteiger partial charge in [0.1, 0.15) is 0 Å². The smallest absolute Gasteiger partial charge is 0.0625 e. The molecule has 0 saturated carbocycles. The minimum absolute atomic E-state index is 1.04. The zero-order chi connectivity index (χ0) is 12.8. The Morgan fingerprint density at radius 3 is 2.06 bits per heavy atom. The summed E-state index contributed by atoms with van der Waals surface area (Å²) < 4.78 is 2.16. The molecule has 1 aliphatic heterocycles. The van der Waals surface area contributed by atoms with Gasteiger partial charge in [-0.3, -0.25) is 4.68 Å². The highest BCUT2D eigenvalue weighted by molar-refractivity contribution is 5.22. The third kappa shape index (κ3) is 3.56. The second-order valence-electron chi connectivity index (χ2n) is 4.57. The van der Waals surface area contributed by atoms with Gasteiger partial charge in [0.05, 0.1) is 12.2 Å². The average molecular weight is 237 g/mol. The van der Waals surface area contributed by atoms with E-state index in [9.17, 15) is 0 Å². The van der Waals surface area contributed by atoms with Gasteiger partial charge in [-0.25, -0.2) is 0 Å². The van der Waals surface area contributed by atoms with Crippen LogP contribution in [0.1, 0.15) is 43.6 Å². The van der Waals surface area contributed by atoms with E-state index in [-0.39, 0.29) is 0 Å². The molecule has 0 aromatic carbocycles. The van der Waals surface area contributed by atoms with Crippen molar-refractivity contribution in [2.24, 2.45) is 0 Å². The van der Waals surface area contributed by atoms with Gasteiger partial charge in [-0.15, -0.1) is 0 Å². The Kier molecular flexibility index (Phi) is 5.69. The van der Waals surface area contributed by atoms with Crippen molar-refractivity contribution in [2.75, 3.05) is 19.6 Å². The second-order valence-corrected chi connectivity index (χ2v) is 4.57. The lowest BCUT2D eigenvalue weighted by Gasteiger charge is -2.14. The number of hydrogen-bond donors (Lipinski definition) is 0. The summed E-state index contributed by atoms with van der Waals surface area (Å²) in [4.78, 5) is 2.53. The Bertz CT molecular complexity index is 335. The Morgan fingerprint density at radius 1 is 1.00 bits per heavy atom. The number of nitrogens with zero attached hydrogens (tertiary/aromatic N) is 3. The molecule has 3 nitrogen and oxygen atoms in total. The van der Waals surface area contributed by atoms with Crippen LogP contribution in [0.3, 0.4) is 0 Å². The number of aromatic nitrogens is 2. The van der Waals surface area contributed by atoms with Gasteiger partial charge in [0.25, 0.3) is 0 Å². The maximum Gasteiger partial charge on any atom is 0.0625 e. The van der Waals surface area contributed by atoms with Crippen molar-refractivity contribution in [3.63, 3.8) is 0 Å². The summed E-state index contributed by atoms with van der Waals surface area (Å²) in [5.41, 5.74) is 3.84. The predicted molar refractivity (Wildman–Crippen MR) is 73.5 cm³/mol. The molecule has 0 radical (unpaired) electrons. The lowest BCUT2D eigenvalue weighted by Crippen LogP contribution is -2.24. The van der Waals surface area contributed by atoms with Crippen molar-refractivity contribution in [1.82, 2.24) is 14.7 Å². The standard InChI is InChI=1S/C12H21N3.C2H6/c1-10-11(2)13-15(12(10)3)9-8-14-6-4-5-7-14;1-2/h4-9H2,1-3H3;1-2H3. The normalized spacial score (nSPS) is 15.8. The average Bonchev–Trinajstić information content (AvgIpc) is 2.94. The summed E-state index contributed by atoms with van der Waals surface area (Å²) in [6.07, 6.45) is 2.74. The van der Waals surface area contributed by atoms with E-state index in [1.54, 1.807) is 0 Å². The lowest BCUT2D eigenvalue weighted by molar-refractivity contribution is 0.314. The molecule has 0 bridgehead atoms. The minimum atomic E-state index is 1.04. The van der Waals surface area contributed by atoms with Crippen molar-refractivity contribution < 1.29 is 0 Å². The summed E-state index contributed by atoms with van der Waals surface area (Å²) in [5.74, 6) is 0. The van der Waals surface area contributed by atoms with Gasteiger partial charge in [-0.2, -0.15) is 5.10 Å². The quantitative estimate of drug-likeness (QED) is 0.806. The molecule has 1 aliphatic rings. The van der Waals surface area contributed by atoms with Crippen LogP contribution in [0.15, 0.2) is 0 Å². The maximum absolute atomic E-state index is 4.56. The fourth-order valence-corrected chi connectivity index (χ4v) is 2.25. The molecule has 0 amide bonds. The van der Waals surface area contributed by atoms with Crippen LogP contribution in [-0.2, 0) is 6.54 Å². The molecule has 1 fully saturated rings. The molecule has 0 atom stereocenters. The first-order chi connectivity index (χ1) is 8.18. The minimum Gasteiger partial charge on any atom is -0.301 e. The van der Waals surface area contributed by atoms with Gasteiger partial charge >= 0.3 is 0 Å². The summed E-state index contributed by atoms with van der Waals surface area (Å²) in [6.45, 7) is 15.2. The summed E-state index contributed by atoms with van der Waals surface area (Å²) in [6, 6.07) is 0. The van der Waals surface area contributed by atoms with Gasteiger partial charge in [-0.1, -0.05) is 13.8 Å². The topological polar surface area (TPSA) is 21.1 Å². The Balaban J connectivity index is 0.000000686. The van der Waals surface area contributed by atoms with E-state index in [4.69, 9.17) is 0 Å². The van der Waals surface area contributed by atoms with Crippen molar-refractivity contribution in [1.29, 1.82) is 0 Å². The molecule has 1 aromatic heterocycles. The van der Waals surface area contributed by atoms with Gasteiger partial charge in [0.2, 0.25) is 0 Å². The first kappa shape index (κ1) is 14.2. The van der Waals surface area contributed by atoms with Gasteiger partial charge in [0.15, 0.2) is 0 Å². The van der Waals surface area contributed by atoms with E-state index < -0.39 is 0 Å². The van der Waals surface area contributed by atoms with E-state index in [2.05, 4.69) is 35.5 Å². The van der Waals surface area contributed by atoms with Crippen LogP contribution in [0.4, 0.5) is 0 Å². The van der Waals surface area contributed by atoms with E-state index in [0.29, 0.717) is 0 Å². The molecule has 0 N–H and O–H groups in total. The van der Waals surface area contributed by atoms with Crippen molar-refractivity contribution in [3.8, 4) is 0 Å². The van der Waals surface area contributed by atoms with Crippen molar-refractivity contribution in [2.45, 2.75) is 54.0 Å². The molecule has 1 saturated heterocycles. The first-order valence-electron chi connectivity index (χ1n) is 6.91. The summed E-state index contributed by atoms with van der Waals surface area (Å²) in [7, 11) is 0. The Hall–Kier alpha value is -0.830. The van der Waals surface area contributed by atoms with Crippen molar-refractivity contribution in [3.05, 3.63) is 17.0 Å². The van der Waals surface area contributed by atoms with Crippen LogP contribution in [-0.4, -0.2) is 34.3 Å². The fourth-order valence-electron chi connectivity index (χ4n) is 2.25. The zero-order valence-electron chi connectivity index (χ0n) is 12.1. The fraction of sp³-hybridized carbons (Fsp3) is 0.786. The maximum atomic E-state index is 4.56. The van der Waals surface area contributed by atoms with E-state index in [1.165, 1.54) is 42.9 Å². The molecule has 17 heavy (non-hydrogen) atoms. The summed E-state index contributed by atoms with van der Waals surface area (Å²) >= 11 is 0. The molecule has 0 aliphatic carbocycles. The lowest BCUT2D eigenvalue weighted by atomic mass is 10.2. The number of likely N-dealkylation sites (tertiary alicyclic amines) is 1. The van der Waals surface area contributed by atoms with Gasteiger partial charge < -0.3 is 4.90 Å². The van der Waals surface area contributed by atoms with Crippen LogP contribution in [0.25, 0.3) is 0 Å². The van der Waals surface area contributed by atoms with E-state index in [0.717, 1.165) is 13.1 Å². The molecule has 2 heterocycles. The Morgan fingerprint density at radius 2 is 1.59 bits per heavy atom. The number of rotatable bonds is 3. The molecule has 2 rings (SSSR count). The monoisotopic (exact) mass is 237 g/mol. The molecule has 1 aromatic rings. The largest absolute Gasteiger partial charge is 0.301 e. The SMILES string of the molecule is CC.Cc1nn(CCN2CCCC2)c(C)c1C. The van der Waals surface area contributed by atoms with Crippen LogP contribution >= 0.6 is 0 Å². The predicted octanol–water partition coefficient (Wildman–Crippen LogP) is 2.93. The number of hydrogen-bond acceptors (Lipinski definition) is 2. The van der Waals surface area contributed by atoms with Crippen LogP contribution in [0.5, 0.6) is 0 Å². The molecular weight excluding hydrogens is 210 g/mol. The Labute approximate surface area is 106 Å². The van der Waals surface area contributed by atoms with Crippen molar-refractivity contribution >= 4 is 0 Å². The first-order valence-corrected chi connectivity index (χ1v) is 6.91. The molecule has 0 unspecified atom stereocenters. The zero-order valence-corrected chi connectivity index (χ0v) is 12.1. The highest BCUT2D eigenvalue weighted by atomic mass is 15.3. The number of aryl methyl sites for hydroxylation is 1. The molecular formula is C14H27N3.